The van der Waals surface area contributed by atoms with Gasteiger partial charge in [-0.2, -0.15) is 10.2 Å². The molecule has 19 heavy (non-hydrogen) atoms. The van der Waals surface area contributed by atoms with Crippen LogP contribution in [-0.4, -0.2) is 24.0 Å². The van der Waals surface area contributed by atoms with Gasteiger partial charge in [0.25, 0.3) is 0 Å². The van der Waals surface area contributed by atoms with Crippen molar-refractivity contribution in [1.29, 1.82) is 0 Å². The van der Waals surface area contributed by atoms with Crippen LogP contribution in [-0.2, 0) is 9.53 Å². The molecule has 2 rings (SSSR count). The van der Waals surface area contributed by atoms with Gasteiger partial charge in [-0.25, -0.2) is 0 Å². The molecule has 0 saturated heterocycles. The highest BCUT2D eigenvalue weighted by Crippen LogP contribution is 2.29. The van der Waals surface area contributed by atoms with Gasteiger partial charge in [0.2, 0.25) is 0 Å². The van der Waals surface area contributed by atoms with Crippen molar-refractivity contribution in [3.63, 3.8) is 0 Å². The second-order valence-corrected chi connectivity index (χ2v) is 4.78. The lowest BCUT2D eigenvalue weighted by molar-refractivity contribution is -0.143. The van der Waals surface area contributed by atoms with Gasteiger partial charge in [-0.15, -0.1) is 0 Å². The summed E-state index contributed by atoms with van der Waals surface area (Å²) < 4.78 is 5.13. The van der Waals surface area contributed by atoms with E-state index in [1.54, 1.807) is 26.0 Å². The number of esters is 1. The summed E-state index contributed by atoms with van der Waals surface area (Å²) >= 11 is 6.01. The molecule has 0 fully saturated rings. The second kappa shape index (κ2) is 5.53. The maximum Gasteiger partial charge on any atom is 0.319 e. The second-order valence-electron chi connectivity index (χ2n) is 4.34. The fourth-order valence-electron chi connectivity index (χ4n) is 2.11. The average Bonchev–Trinajstić information content (AvgIpc) is 2.49. The van der Waals surface area contributed by atoms with E-state index in [0.29, 0.717) is 17.3 Å². The Labute approximate surface area is 117 Å². The van der Waals surface area contributed by atoms with Crippen LogP contribution in [0, 0.1) is 0 Å². The average molecular weight is 279 g/mol. The number of halogens is 1. The van der Waals surface area contributed by atoms with Crippen molar-refractivity contribution in [2.45, 2.75) is 26.7 Å². The molecule has 0 bridgehead atoms. The van der Waals surface area contributed by atoms with E-state index < -0.39 is 5.92 Å². The van der Waals surface area contributed by atoms with Gasteiger partial charge in [-0.3, -0.25) is 4.79 Å². The van der Waals surface area contributed by atoms with Crippen molar-refractivity contribution in [1.82, 2.24) is 0 Å². The lowest BCUT2D eigenvalue weighted by Crippen LogP contribution is -2.23. The maximum atomic E-state index is 12.1. The SMILES string of the molecule is CCOC(=O)C1C(C)=NN=C(C)c2cc(Cl)ccc21. The highest BCUT2D eigenvalue weighted by Gasteiger charge is 2.29. The van der Waals surface area contributed by atoms with Crippen LogP contribution in [0.5, 0.6) is 0 Å². The van der Waals surface area contributed by atoms with Gasteiger partial charge in [0.15, 0.2) is 0 Å². The quantitative estimate of drug-likeness (QED) is 0.780. The summed E-state index contributed by atoms with van der Waals surface area (Å²) in [6, 6.07) is 5.40. The molecule has 5 heteroatoms. The number of carbonyl (C=O) groups excluding carboxylic acids is 1. The zero-order chi connectivity index (χ0) is 14.0. The highest BCUT2D eigenvalue weighted by molar-refractivity contribution is 6.31. The first-order chi connectivity index (χ1) is 9.04. The monoisotopic (exact) mass is 278 g/mol. The molecule has 1 aromatic rings. The Bertz CT molecular complexity index is 579. The highest BCUT2D eigenvalue weighted by atomic mass is 35.5. The number of carbonyl (C=O) groups is 1. The fourth-order valence-corrected chi connectivity index (χ4v) is 2.28. The first-order valence-electron chi connectivity index (χ1n) is 6.09. The zero-order valence-corrected chi connectivity index (χ0v) is 11.9. The van der Waals surface area contributed by atoms with Gasteiger partial charge in [0.05, 0.1) is 18.0 Å². The topological polar surface area (TPSA) is 51.0 Å². The third-order valence-electron chi connectivity index (χ3n) is 3.01. The summed E-state index contributed by atoms with van der Waals surface area (Å²) in [6.07, 6.45) is 0. The summed E-state index contributed by atoms with van der Waals surface area (Å²) in [5.74, 6) is -0.828. The molecule has 1 aliphatic rings. The van der Waals surface area contributed by atoms with Crippen LogP contribution in [0.25, 0.3) is 0 Å². The van der Waals surface area contributed by atoms with E-state index in [4.69, 9.17) is 16.3 Å². The van der Waals surface area contributed by atoms with Gasteiger partial charge in [-0.1, -0.05) is 17.7 Å². The van der Waals surface area contributed by atoms with Crippen molar-refractivity contribution in [3.8, 4) is 0 Å². The number of hydrogen-bond donors (Lipinski definition) is 0. The molecule has 0 spiro atoms. The minimum atomic E-state index is -0.520. The van der Waals surface area contributed by atoms with E-state index in [1.807, 2.05) is 13.0 Å². The van der Waals surface area contributed by atoms with Gasteiger partial charge >= 0.3 is 5.97 Å². The van der Waals surface area contributed by atoms with Crippen molar-refractivity contribution in [3.05, 3.63) is 34.3 Å². The number of hydrogen-bond acceptors (Lipinski definition) is 4. The molecule has 0 N–H and O–H groups in total. The van der Waals surface area contributed by atoms with Crippen LogP contribution in [0.3, 0.4) is 0 Å². The third-order valence-corrected chi connectivity index (χ3v) is 3.25. The zero-order valence-electron chi connectivity index (χ0n) is 11.1. The van der Waals surface area contributed by atoms with Crippen molar-refractivity contribution >= 4 is 29.0 Å². The minimum absolute atomic E-state index is 0.308. The molecule has 1 aromatic carbocycles. The molecule has 1 unspecified atom stereocenters. The van der Waals surface area contributed by atoms with Crippen LogP contribution in [0.1, 0.15) is 37.8 Å². The fraction of sp³-hybridized carbons (Fsp3) is 0.357. The molecule has 0 radical (unpaired) electrons. The first kappa shape index (κ1) is 13.7. The van der Waals surface area contributed by atoms with Crippen molar-refractivity contribution in [2.75, 3.05) is 6.61 Å². The first-order valence-corrected chi connectivity index (χ1v) is 6.47. The number of ether oxygens (including phenoxy) is 1. The van der Waals surface area contributed by atoms with Crippen LogP contribution < -0.4 is 0 Å². The molecule has 0 aromatic heterocycles. The summed E-state index contributed by atoms with van der Waals surface area (Å²) in [5.41, 5.74) is 3.04. The van der Waals surface area contributed by atoms with Crippen molar-refractivity contribution in [2.24, 2.45) is 10.2 Å². The molecular weight excluding hydrogens is 264 g/mol. The molecule has 1 aliphatic heterocycles. The van der Waals surface area contributed by atoms with E-state index in [0.717, 1.165) is 16.8 Å². The number of benzene rings is 1. The van der Waals surface area contributed by atoms with E-state index in [1.165, 1.54) is 0 Å². The Hall–Kier alpha value is -1.68. The Morgan fingerprint density at radius 3 is 2.79 bits per heavy atom. The Kier molecular flexibility index (Phi) is 4.00. The van der Waals surface area contributed by atoms with Gasteiger partial charge in [0.1, 0.15) is 5.92 Å². The van der Waals surface area contributed by atoms with Crippen LogP contribution in [0.15, 0.2) is 28.4 Å². The van der Waals surface area contributed by atoms with Gasteiger partial charge in [0, 0.05) is 10.6 Å². The molecule has 100 valence electrons. The number of rotatable bonds is 2. The Balaban J connectivity index is 2.57. The van der Waals surface area contributed by atoms with E-state index in [-0.39, 0.29) is 5.97 Å². The standard InChI is InChI=1S/C14H15ClN2O2/c1-4-19-14(18)13-9(3)17-16-8(2)12-7-10(15)5-6-11(12)13/h5-7,13H,4H2,1-3H3. The molecule has 1 atom stereocenters. The van der Waals surface area contributed by atoms with E-state index >= 15 is 0 Å². The smallest absolute Gasteiger partial charge is 0.319 e. The van der Waals surface area contributed by atoms with Gasteiger partial charge in [-0.05, 0) is 38.5 Å². The van der Waals surface area contributed by atoms with Crippen LogP contribution in [0.4, 0.5) is 0 Å². The summed E-state index contributed by atoms with van der Waals surface area (Å²) in [6.45, 7) is 5.75. The maximum absolute atomic E-state index is 12.1. The Morgan fingerprint density at radius 1 is 1.37 bits per heavy atom. The number of fused-ring (bicyclic) bond motifs is 1. The summed E-state index contributed by atoms with van der Waals surface area (Å²) in [5, 5.41) is 8.82. The predicted molar refractivity (Wildman–Crippen MR) is 76.1 cm³/mol. The lowest BCUT2D eigenvalue weighted by atomic mass is 9.89. The largest absolute Gasteiger partial charge is 0.465 e. The molecule has 0 amide bonds. The van der Waals surface area contributed by atoms with E-state index in [2.05, 4.69) is 10.2 Å². The van der Waals surface area contributed by atoms with Gasteiger partial charge < -0.3 is 4.74 Å². The molecule has 0 aliphatic carbocycles. The summed E-state index contributed by atoms with van der Waals surface area (Å²) in [7, 11) is 0. The summed E-state index contributed by atoms with van der Waals surface area (Å²) in [4.78, 5) is 12.1. The van der Waals surface area contributed by atoms with Crippen molar-refractivity contribution < 1.29 is 9.53 Å². The minimum Gasteiger partial charge on any atom is -0.465 e. The number of nitrogens with zero attached hydrogens (tertiary/aromatic N) is 2. The molecule has 1 heterocycles. The predicted octanol–water partition coefficient (Wildman–Crippen LogP) is 3.19. The lowest BCUT2D eigenvalue weighted by Gasteiger charge is -2.16. The van der Waals surface area contributed by atoms with Crippen LogP contribution >= 0.6 is 11.6 Å². The van der Waals surface area contributed by atoms with E-state index in [9.17, 15) is 4.79 Å². The van der Waals surface area contributed by atoms with Crippen LogP contribution in [0.2, 0.25) is 5.02 Å². The molecule has 0 saturated carbocycles. The third kappa shape index (κ3) is 2.68. The Morgan fingerprint density at radius 2 is 2.11 bits per heavy atom. The molecular formula is C14H15ClN2O2. The molecule has 4 nitrogen and oxygen atoms in total. The normalized spacial score (nSPS) is 18.0.